The number of benzene rings is 1. The van der Waals surface area contributed by atoms with Crippen molar-refractivity contribution in [3.05, 3.63) is 29.8 Å². The van der Waals surface area contributed by atoms with E-state index >= 15 is 0 Å². The van der Waals surface area contributed by atoms with E-state index in [9.17, 15) is 9.90 Å². The van der Waals surface area contributed by atoms with Crippen LogP contribution in [0.15, 0.2) is 29.2 Å². The third kappa shape index (κ3) is 5.34. The molecule has 0 saturated carbocycles. The molecule has 0 aliphatic carbocycles. The van der Waals surface area contributed by atoms with E-state index < -0.39 is 0 Å². The number of carbonyl (C=O) groups is 1. The van der Waals surface area contributed by atoms with Crippen molar-refractivity contribution in [3.63, 3.8) is 0 Å². The quantitative estimate of drug-likeness (QED) is 0.623. The Morgan fingerprint density at radius 3 is 2.62 bits per heavy atom. The summed E-state index contributed by atoms with van der Waals surface area (Å²) in [5.74, 6) is -0.00304. The van der Waals surface area contributed by atoms with Gasteiger partial charge in [0.15, 0.2) is 0 Å². The minimum Gasteiger partial charge on any atom is -0.393 e. The number of hydrogen-bond donors (Lipinski definition) is 2. The van der Waals surface area contributed by atoms with E-state index in [0.29, 0.717) is 12.1 Å². The summed E-state index contributed by atoms with van der Waals surface area (Å²) in [6.07, 6.45) is 4.59. The number of amides is 1. The van der Waals surface area contributed by atoms with Crippen LogP contribution >= 0.6 is 11.8 Å². The molecule has 0 atom stereocenters. The van der Waals surface area contributed by atoms with Crippen molar-refractivity contribution in [2.24, 2.45) is 0 Å². The van der Waals surface area contributed by atoms with Gasteiger partial charge in [0.1, 0.15) is 0 Å². The fourth-order valence-electron chi connectivity index (χ4n) is 2.49. The second-order valence-corrected chi connectivity index (χ2v) is 6.29. The molecule has 4 nitrogen and oxygen atoms in total. The average molecular weight is 308 g/mol. The highest BCUT2D eigenvalue weighted by atomic mass is 32.2. The number of thioether (sulfide) groups is 1. The standard InChI is InChI=1S/C16H24N2O2S/c1-21-15-5-3-13(4-6-15)16(20)17-9-2-10-18-11-7-14(19)8-12-18/h3-6,14,19H,2,7-12H2,1H3,(H,17,20). The Kier molecular flexibility index (Phi) is 6.54. The number of nitrogens with zero attached hydrogens (tertiary/aromatic N) is 1. The molecule has 21 heavy (non-hydrogen) atoms. The van der Waals surface area contributed by atoms with Crippen molar-refractivity contribution < 1.29 is 9.90 Å². The first-order valence-corrected chi connectivity index (χ1v) is 8.74. The second-order valence-electron chi connectivity index (χ2n) is 5.41. The van der Waals surface area contributed by atoms with Gasteiger partial charge in [-0.25, -0.2) is 0 Å². The van der Waals surface area contributed by atoms with Gasteiger partial charge in [0, 0.05) is 30.1 Å². The van der Waals surface area contributed by atoms with Gasteiger partial charge in [-0.05, 0) is 56.3 Å². The number of aliphatic hydroxyl groups is 1. The highest BCUT2D eigenvalue weighted by molar-refractivity contribution is 7.98. The summed E-state index contributed by atoms with van der Waals surface area (Å²) < 4.78 is 0. The van der Waals surface area contributed by atoms with Crippen LogP contribution in [0.1, 0.15) is 29.6 Å². The zero-order valence-electron chi connectivity index (χ0n) is 12.5. The van der Waals surface area contributed by atoms with E-state index in [0.717, 1.165) is 38.9 Å². The zero-order chi connectivity index (χ0) is 15.1. The van der Waals surface area contributed by atoms with Gasteiger partial charge in [-0.1, -0.05) is 0 Å². The first-order valence-electron chi connectivity index (χ1n) is 7.51. The van der Waals surface area contributed by atoms with E-state index in [4.69, 9.17) is 0 Å². The minimum atomic E-state index is -0.120. The van der Waals surface area contributed by atoms with Crippen LogP contribution < -0.4 is 5.32 Å². The molecule has 5 heteroatoms. The summed E-state index contributed by atoms with van der Waals surface area (Å²) in [6, 6.07) is 7.68. The van der Waals surface area contributed by atoms with Crippen molar-refractivity contribution in [2.75, 3.05) is 32.4 Å². The fourth-order valence-corrected chi connectivity index (χ4v) is 2.90. The van der Waals surface area contributed by atoms with Crippen LogP contribution in [0.3, 0.4) is 0 Å². The van der Waals surface area contributed by atoms with Crippen LogP contribution in [0, 0.1) is 0 Å². The highest BCUT2D eigenvalue weighted by Crippen LogP contribution is 2.14. The molecule has 0 radical (unpaired) electrons. The highest BCUT2D eigenvalue weighted by Gasteiger charge is 2.16. The third-order valence-electron chi connectivity index (χ3n) is 3.85. The SMILES string of the molecule is CSc1ccc(C(=O)NCCCN2CCC(O)CC2)cc1. The van der Waals surface area contributed by atoms with Crippen molar-refractivity contribution in [1.82, 2.24) is 10.2 Å². The lowest BCUT2D eigenvalue weighted by molar-refractivity contribution is 0.0816. The van der Waals surface area contributed by atoms with Gasteiger partial charge in [-0.2, -0.15) is 0 Å². The zero-order valence-corrected chi connectivity index (χ0v) is 13.4. The Balaban J connectivity index is 1.64. The van der Waals surface area contributed by atoms with E-state index in [1.54, 1.807) is 11.8 Å². The Hall–Kier alpha value is -1.04. The largest absolute Gasteiger partial charge is 0.393 e. The first kappa shape index (κ1) is 16.3. The van der Waals surface area contributed by atoms with E-state index in [1.165, 1.54) is 4.90 Å². The number of carbonyl (C=O) groups excluding carboxylic acids is 1. The molecule has 0 unspecified atom stereocenters. The molecule has 2 rings (SSSR count). The molecule has 0 spiro atoms. The molecular formula is C16H24N2O2S. The number of piperidine rings is 1. The maximum atomic E-state index is 12.0. The van der Waals surface area contributed by atoms with Crippen LogP contribution in [0.2, 0.25) is 0 Å². The van der Waals surface area contributed by atoms with Crippen LogP contribution in [-0.2, 0) is 0 Å². The van der Waals surface area contributed by atoms with Crippen molar-refractivity contribution in [1.29, 1.82) is 0 Å². The summed E-state index contributed by atoms with van der Waals surface area (Å²) in [5, 5.41) is 12.4. The fraction of sp³-hybridized carbons (Fsp3) is 0.562. The van der Waals surface area contributed by atoms with Crippen molar-refractivity contribution >= 4 is 17.7 Å². The molecule has 1 aromatic carbocycles. The summed E-state index contributed by atoms with van der Waals surface area (Å²) in [6.45, 7) is 3.61. The number of aliphatic hydroxyl groups excluding tert-OH is 1. The van der Waals surface area contributed by atoms with E-state index in [-0.39, 0.29) is 12.0 Å². The van der Waals surface area contributed by atoms with Gasteiger partial charge in [0.2, 0.25) is 0 Å². The van der Waals surface area contributed by atoms with Crippen LogP contribution in [0.5, 0.6) is 0 Å². The first-order chi connectivity index (χ1) is 10.2. The predicted octanol–water partition coefficient (Wildman–Crippen LogP) is 1.99. The van der Waals surface area contributed by atoms with Crippen LogP contribution in [0.4, 0.5) is 0 Å². The molecule has 1 aromatic rings. The molecule has 1 aliphatic rings. The molecule has 1 heterocycles. The monoisotopic (exact) mass is 308 g/mol. The maximum Gasteiger partial charge on any atom is 0.251 e. The van der Waals surface area contributed by atoms with Crippen LogP contribution in [-0.4, -0.2) is 54.5 Å². The lowest BCUT2D eigenvalue weighted by Gasteiger charge is -2.29. The molecular weight excluding hydrogens is 284 g/mol. The van der Waals surface area contributed by atoms with Crippen molar-refractivity contribution in [3.8, 4) is 0 Å². The maximum absolute atomic E-state index is 12.0. The van der Waals surface area contributed by atoms with Gasteiger partial charge >= 0.3 is 0 Å². The topological polar surface area (TPSA) is 52.6 Å². The molecule has 116 valence electrons. The number of hydrogen-bond acceptors (Lipinski definition) is 4. The second kappa shape index (κ2) is 8.41. The Morgan fingerprint density at radius 2 is 2.00 bits per heavy atom. The molecule has 0 bridgehead atoms. The predicted molar refractivity (Wildman–Crippen MR) is 86.9 cm³/mol. The van der Waals surface area contributed by atoms with E-state index in [1.807, 2.05) is 30.5 Å². The van der Waals surface area contributed by atoms with Gasteiger partial charge in [-0.3, -0.25) is 4.79 Å². The molecule has 0 aromatic heterocycles. The average Bonchev–Trinajstić information content (AvgIpc) is 2.53. The lowest BCUT2D eigenvalue weighted by atomic mass is 10.1. The van der Waals surface area contributed by atoms with Crippen LogP contribution in [0.25, 0.3) is 0 Å². The Morgan fingerprint density at radius 1 is 1.33 bits per heavy atom. The number of rotatable bonds is 6. The Labute approximate surface area is 130 Å². The number of likely N-dealkylation sites (tertiary alicyclic amines) is 1. The summed E-state index contributed by atoms with van der Waals surface area (Å²) >= 11 is 1.67. The molecule has 1 fully saturated rings. The molecule has 2 N–H and O–H groups in total. The lowest BCUT2D eigenvalue weighted by Crippen LogP contribution is -2.37. The summed E-state index contributed by atoms with van der Waals surface area (Å²) in [5.41, 5.74) is 0.717. The van der Waals surface area contributed by atoms with Gasteiger partial charge in [-0.15, -0.1) is 11.8 Å². The summed E-state index contributed by atoms with van der Waals surface area (Å²) in [7, 11) is 0. The number of nitrogens with one attached hydrogen (secondary N) is 1. The van der Waals surface area contributed by atoms with Gasteiger partial charge < -0.3 is 15.3 Å². The van der Waals surface area contributed by atoms with Crippen molar-refractivity contribution in [2.45, 2.75) is 30.3 Å². The van der Waals surface area contributed by atoms with Gasteiger partial charge in [0.05, 0.1) is 6.10 Å². The summed E-state index contributed by atoms with van der Waals surface area (Å²) in [4.78, 5) is 15.5. The van der Waals surface area contributed by atoms with E-state index in [2.05, 4.69) is 10.2 Å². The van der Waals surface area contributed by atoms with Gasteiger partial charge in [0.25, 0.3) is 5.91 Å². The minimum absolute atomic E-state index is 0.00304. The smallest absolute Gasteiger partial charge is 0.251 e. The molecule has 1 aliphatic heterocycles. The normalized spacial score (nSPS) is 16.9. The third-order valence-corrected chi connectivity index (χ3v) is 4.59. The Bertz CT molecular complexity index is 442. The molecule has 1 saturated heterocycles. The molecule has 1 amide bonds.